The van der Waals surface area contributed by atoms with Crippen LogP contribution in [0.25, 0.3) is 0 Å². The molecule has 1 atom stereocenters. The van der Waals surface area contributed by atoms with Crippen LogP contribution in [0.4, 0.5) is 5.00 Å². The summed E-state index contributed by atoms with van der Waals surface area (Å²) in [6, 6.07) is 2.62. The molecule has 1 amide bonds. The first-order chi connectivity index (χ1) is 8.32. The maximum absolute atomic E-state index is 11.9. The summed E-state index contributed by atoms with van der Waals surface area (Å²) in [5, 5.41) is 19.1. The van der Waals surface area contributed by atoms with Crippen LogP contribution in [0.3, 0.4) is 0 Å². The molecule has 1 aromatic rings. The average Bonchev–Trinajstić information content (AvgIpc) is 2.76. The van der Waals surface area contributed by atoms with Crippen LogP contribution in [0.5, 0.6) is 0 Å². The molecule has 0 aromatic carbocycles. The molecule has 0 saturated carbocycles. The molecule has 0 radical (unpaired) electrons. The van der Waals surface area contributed by atoms with E-state index < -0.39 is 22.7 Å². The van der Waals surface area contributed by atoms with Gasteiger partial charge in [-0.15, -0.1) is 0 Å². The second-order valence-electron chi connectivity index (χ2n) is 3.82. The van der Waals surface area contributed by atoms with Crippen LogP contribution in [0.1, 0.15) is 16.6 Å². The number of carbonyl (C=O) groups excluding carboxylic acids is 1. The highest BCUT2D eigenvalue weighted by Gasteiger charge is 2.21. The third-order valence-electron chi connectivity index (χ3n) is 2.30. The Morgan fingerprint density at radius 2 is 2.17 bits per heavy atom. The Balaban J connectivity index is 2.74. The molecule has 7 nitrogen and oxygen atoms in total. The van der Waals surface area contributed by atoms with Gasteiger partial charge in [0.25, 0.3) is 5.91 Å². The normalized spacial score (nSPS) is 11.9. The summed E-state index contributed by atoms with van der Waals surface area (Å²) in [4.78, 5) is 33.9. The Labute approximate surface area is 107 Å². The number of rotatable bonds is 5. The van der Waals surface area contributed by atoms with Gasteiger partial charge in [-0.25, -0.2) is 0 Å². The third-order valence-corrected chi connectivity index (χ3v) is 3.32. The lowest BCUT2D eigenvalue weighted by molar-refractivity contribution is -0.380. The van der Waals surface area contributed by atoms with E-state index >= 15 is 0 Å². The van der Waals surface area contributed by atoms with Crippen LogP contribution >= 0.6 is 11.3 Å². The van der Waals surface area contributed by atoms with Crippen LogP contribution in [0.2, 0.25) is 0 Å². The molecule has 1 rings (SSSR count). The number of nitrogens with zero attached hydrogens (tertiary/aromatic N) is 2. The predicted molar refractivity (Wildman–Crippen MR) is 64.7 cm³/mol. The van der Waals surface area contributed by atoms with E-state index in [4.69, 9.17) is 5.11 Å². The molecule has 18 heavy (non-hydrogen) atoms. The maximum atomic E-state index is 11.9. The fourth-order valence-corrected chi connectivity index (χ4v) is 2.12. The van der Waals surface area contributed by atoms with E-state index in [1.807, 2.05) is 0 Å². The molecule has 0 spiro atoms. The van der Waals surface area contributed by atoms with Crippen molar-refractivity contribution in [3.63, 3.8) is 0 Å². The highest BCUT2D eigenvalue weighted by molar-refractivity contribution is 7.17. The monoisotopic (exact) mass is 272 g/mol. The van der Waals surface area contributed by atoms with Gasteiger partial charge in [-0.3, -0.25) is 19.7 Å². The zero-order chi connectivity index (χ0) is 13.9. The molecule has 98 valence electrons. The summed E-state index contributed by atoms with van der Waals surface area (Å²) in [6.45, 7) is 1.54. The first kappa shape index (κ1) is 14.1. The van der Waals surface area contributed by atoms with Crippen molar-refractivity contribution in [2.24, 2.45) is 5.92 Å². The van der Waals surface area contributed by atoms with Crippen LogP contribution in [0, 0.1) is 16.0 Å². The van der Waals surface area contributed by atoms with Crippen molar-refractivity contribution in [3.8, 4) is 0 Å². The van der Waals surface area contributed by atoms with Gasteiger partial charge in [0.1, 0.15) is 0 Å². The standard InChI is InChI=1S/C10H12N2O5S/c1-6(10(14)15)5-11(2)9(13)7-3-4-8(18-7)12(16)17/h3-4,6H,5H2,1-2H3,(H,14,15). The number of carboxylic acids is 1. The van der Waals surface area contributed by atoms with Gasteiger partial charge in [0, 0.05) is 19.7 Å². The minimum Gasteiger partial charge on any atom is -0.481 e. The van der Waals surface area contributed by atoms with E-state index in [0.717, 1.165) is 11.3 Å². The smallest absolute Gasteiger partial charge is 0.324 e. The summed E-state index contributed by atoms with van der Waals surface area (Å²) in [5.41, 5.74) is 0. The van der Waals surface area contributed by atoms with Gasteiger partial charge < -0.3 is 10.0 Å². The zero-order valence-electron chi connectivity index (χ0n) is 9.82. The summed E-state index contributed by atoms with van der Waals surface area (Å²) in [6.07, 6.45) is 0. The third kappa shape index (κ3) is 3.27. The van der Waals surface area contributed by atoms with Crippen molar-refractivity contribution < 1.29 is 19.6 Å². The van der Waals surface area contributed by atoms with Gasteiger partial charge in [-0.05, 0) is 6.07 Å². The van der Waals surface area contributed by atoms with Gasteiger partial charge in [0.05, 0.1) is 15.7 Å². The van der Waals surface area contributed by atoms with Crippen molar-refractivity contribution in [1.29, 1.82) is 0 Å². The molecular weight excluding hydrogens is 260 g/mol. The van der Waals surface area contributed by atoms with Gasteiger partial charge in [0.2, 0.25) is 0 Å². The molecule has 0 aliphatic heterocycles. The largest absolute Gasteiger partial charge is 0.481 e. The van der Waals surface area contributed by atoms with E-state index in [9.17, 15) is 19.7 Å². The van der Waals surface area contributed by atoms with Crippen molar-refractivity contribution >= 4 is 28.2 Å². The van der Waals surface area contributed by atoms with E-state index in [-0.39, 0.29) is 16.4 Å². The Bertz CT molecular complexity index is 484. The fourth-order valence-electron chi connectivity index (χ4n) is 1.30. The summed E-state index contributed by atoms with van der Waals surface area (Å²) in [5.74, 6) is -2.10. The van der Waals surface area contributed by atoms with Gasteiger partial charge in [0.15, 0.2) is 0 Å². The first-order valence-corrected chi connectivity index (χ1v) is 5.87. The second-order valence-corrected chi connectivity index (χ2v) is 4.88. The minimum absolute atomic E-state index is 0.0554. The van der Waals surface area contributed by atoms with E-state index in [1.54, 1.807) is 0 Å². The molecule has 8 heteroatoms. The molecule has 0 fully saturated rings. The maximum Gasteiger partial charge on any atom is 0.324 e. The number of hydrogen-bond donors (Lipinski definition) is 1. The molecule has 1 heterocycles. The summed E-state index contributed by atoms with van der Waals surface area (Å²) in [7, 11) is 1.47. The number of amides is 1. The van der Waals surface area contributed by atoms with E-state index in [2.05, 4.69) is 0 Å². The van der Waals surface area contributed by atoms with Gasteiger partial charge in [-0.2, -0.15) is 0 Å². The Kier molecular flexibility index (Phi) is 4.38. The summed E-state index contributed by atoms with van der Waals surface area (Å²) >= 11 is 0.775. The quantitative estimate of drug-likeness (QED) is 0.645. The lowest BCUT2D eigenvalue weighted by Gasteiger charge is -2.18. The topological polar surface area (TPSA) is 101 Å². The van der Waals surface area contributed by atoms with Gasteiger partial charge >= 0.3 is 11.0 Å². The Hall–Kier alpha value is -1.96. The number of nitro groups is 1. The number of carboxylic acid groups (broad SMARTS) is 1. The highest BCUT2D eigenvalue weighted by Crippen LogP contribution is 2.24. The number of thiophene rings is 1. The number of hydrogen-bond acceptors (Lipinski definition) is 5. The lowest BCUT2D eigenvalue weighted by atomic mass is 10.2. The molecule has 0 aliphatic rings. The van der Waals surface area contributed by atoms with E-state index in [0.29, 0.717) is 0 Å². The van der Waals surface area contributed by atoms with Crippen LogP contribution in [0.15, 0.2) is 12.1 Å². The molecule has 0 aliphatic carbocycles. The van der Waals surface area contributed by atoms with Crippen molar-refractivity contribution in [2.45, 2.75) is 6.92 Å². The molecule has 0 bridgehead atoms. The van der Waals surface area contributed by atoms with Crippen LogP contribution in [-0.4, -0.2) is 40.4 Å². The van der Waals surface area contributed by atoms with Gasteiger partial charge in [-0.1, -0.05) is 18.3 Å². The molecule has 1 aromatic heterocycles. The molecule has 0 saturated heterocycles. The predicted octanol–water partition coefficient (Wildman–Crippen LogP) is 1.45. The number of aliphatic carboxylic acids is 1. The van der Waals surface area contributed by atoms with E-state index in [1.165, 1.54) is 31.0 Å². The first-order valence-electron chi connectivity index (χ1n) is 5.05. The lowest BCUT2D eigenvalue weighted by Crippen LogP contribution is -2.33. The Morgan fingerprint density at radius 1 is 1.56 bits per heavy atom. The highest BCUT2D eigenvalue weighted by atomic mass is 32.1. The fraction of sp³-hybridized carbons (Fsp3) is 0.400. The molecule has 1 unspecified atom stereocenters. The number of carbonyl (C=O) groups is 2. The SMILES string of the molecule is CC(CN(C)C(=O)c1ccc([N+](=O)[O-])s1)C(=O)O. The average molecular weight is 272 g/mol. The van der Waals surface area contributed by atoms with Crippen LogP contribution < -0.4 is 0 Å². The summed E-state index contributed by atoms with van der Waals surface area (Å²) < 4.78 is 0. The molecular formula is C10H12N2O5S. The van der Waals surface area contributed by atoms with Crippen molar-refractivity contribution in [3.05, 3.63) is 27.1 Å². The minimum atomic E-state index is -0.994. The van der Waals surface area contributed by atoms with Crippen molar-refractivity contribution in [1.82, 2.24) is 4.90 Å². The Morgan fingerprint density at radius 3 is 2.61 bits per heavy atom. The van der Waals surface area contributed by atoms with Crippen LogP contribution in [-0.2, 0) is 4.79 Å². The van der Waals surface area contributed by atoms with Crippen molar-refractivity contribution in [2.75, 3.05) is 13.6 Å². The molecule has 1 N–H and O–H groups in total. The zero-order valence-corrected chi connectivity index (χ0v) is 10.6. The second kappa shape index (κ2) is 5.58.